The topological polar surface area (TPSA) is 46.1 Å². The zero-order chi connectivity index (χ0) is 11.1. The van der Waals surface area contributed by atoms with Crippen molar-refractivity contribution < 1.29 is 15.2 Å². The van der Waals surface area contributed by atoms with Crippen molar-refractivity contribution in [1.29, 1.82) is 0 Å². The summed E-state index contributed by atoms with van der Waals surface area (Å²) < 4.78 is 5.58. The highest BCUT2D eigenvalue weighted by atomic mass is 16.5. The predicted octanol–water partition coefficient (Wildman–Crippen LogP) is 0.238. The maximum atomic E-state index is 8.58. The summed E-state index contributed by atoms with van der Waals surface area (Å²) in [6, 6.07) is 6.12. The molecule has 0 aliphatic rings. The predicted molar refractivity (Wildman–Crippen MR) is 60.2 cm³/mol. The van der Waals surface area contributed by atoms with Crippen LogP contribution in [0, 0.1) is 13.8 Å². The lowest BCUT2D eigenvalue weighted by molar-refractivity contribution is -0.656. The highest BCUT2D eigenvalue weighted by Gasteiger charge is 1.97. The van der Waals surface area contributed by atoms with Crippen molar-refractivity contribution in [2.75, 3.05) is 26.3 Å². The molecule has 3 N–H and O–H groups in total. The van der Waals surface area contributed by atoms with E-state index in [-0.39, 0.29) is 6.61 Å². The third-order valence-electron chi connectivity index (χ3n) is 2.40. The van der Waals surface area contributed by atoms with Crippen LogP contribution in [-0.4, -0.2) is 31.4 Å². The Morgan fingerprint density at radius 1 is 1.20 bits per heavy atom. The van der Waals surface area contributed by atoms with Gasteiger partial charge < -0.3 is 15.2 Å². The number of ether oxygens (including phenoxy) is 1. The summed E-state index contributed by atoms with van der Waals surface area (Å²) in [5, 5.41) is 10.6. The Labute approximate surface area is 91.1 Å². The first kappa shape index (κ1) is 12.0. The Balaban J connectivity index is 2.28. The van der Waals surface area contributed by atoms with Crippen LogP contribution >= 0.6 is 0 Å². The molecule has 3 heteroatoms. The lowest BCUT2D eigenvalue weighted by Crippen LogP contribution is -2.86. The number of quaternary nitrogens is 1. The van der Waals surface area contributed by atoms with Crippen LogP contribution in [0.2, 0.25) is 0 Å². The fourth-order valence-electron chi connectivity index (χ4n) is 1.30. The zero-order valence-corrected chi connectivity index (χ0v) is 9.49. The van der Waals surface area contributed by atoms with E-state index in [9.17, 15) is 0 Å². The molecule has 0 aliphatic carbocycles. The molecule has 1 aromatic rings. The summed E-state index contributed by atoms with van der Waals surface area (Å²) >= 11 is 0. The van der Waals surface area contributed by atoms with E-state index in [1.54, 1.807) is 0 Å². The number of rotatable bonds is 6. The largest absolute Gasteiger partial charge is 0.488 e. The molecule has 0 radical (unpaired) electrons. The molecule has 0 aliphatic heterocycles. The van der Waals surface area contributed by atoms with E-state index >= 15 is 0 Å². The van der Waals surface area contributed by atoms with Crippen LogP contribution in [0.15, 0.2) is 18.2 Å². The first-order valence-corrected chi connectivity index (χ1v) is 5.36. The number of aryl methyl sites for hydroxylation is 2. The summed E-state index contributed by atoms with van der Waals surface area (Å²) in [5.41, 5.74) is 2.54. The van der Waals surface area contributed by atoms with Crippen LogP contribution < -0.4 is 10.1 Å². The van der Waals surface area contributed by atoms with Crippen molar-refractivity contribution in [3.63, 3.8) is 0 Å². The van der Waals surface area contributed by atoms with Gasteiger partial charge in [-0.15, -0.1) is 0 Å². The Kier molecular flexibility index (Phi) is 5.15. The monoisotopic (exact) mass is 210 g/mol. The second-order valence-electron chi connectivity index (χ2n) is 3.68. The minimum atomic E-state index is 0.226. The van der Waals surface area contributed by atoms with Crippen LogP contribution in [0.3, 0.4) is 0 Å². The number of benzene rings is 1. The molecule has 3 nitrogen and oxygen atoms in total. The highest BCUT2D eigenvalue weighted by molar-refractivity contribution is 5.33. The third-order valence-corrected chi connectivity index (χ3v) is 2.40. The molecule has 0 aromatic heterocycles. The molecular weight excluding hydrogens is 190 g/mol. The number of aliphatic hydroxyl groups is 1. The summed E-state index contributed by atoms with van der Waals surface area (Å²) in [7, 11) is 0. The number of hydrogen-bond donors (Lipinski definition) is 2. The van der Waals surface area contributed by atoms with Crippen molar-refractivity contribution in [3.8, 4) is 5.75 Å². The minimum Gasteiger partial charge on any atom is -0.488 e. The van der Waals surface area contributed by atoms with Gasteiger partial charge in [0.2, 0.25) is 0 Å². The van der Waals surface area contributed by atoms with Gasteiger partial charge in [0.05, 0.1) is 13.2 Å². The average molecular weight is 210 g/mol. The van der Waals surface area contributed by atoms with Crippen LogP contribution in [0.25, 0.3) is 0 Å². The molecule has 84 valence electrons. The maximum absolute atomic E-state index is 8.58. The van der Waals surface area contributed by atoms with Gasteiger partial charge in [0, 0.05) is 0 Å². The molecule has 0 spiro atoms. The van der Waals surface area contributed by atoms with E-state index in [2.05, 4.69) is 26.0 Å². The Hall–Kier alpha value is -1.06. The molecule has 0 bridgehead atoms. The van der Waals surface area contributed by atoms with E-state index < -0.39 is 0 Å². The number of aliphatic hydroxyl groups excluding tert-OH is 1. The van der Waals surface area contributed by atoms with Gasteiger partial charge in [-0.2, -0.15) is 0 Å². The first-order chi connectivity index (χ1) is 7.24. The summed E-state index contributed by atoms with van der Waals surface area (Å²) in [6.07, 6.45) is 0. The average Bonchev–Trinajstić information content (AvgIpc) is 2.23. The maximum Gasteiger partial charge on any atom is 0.137 e. The Bertz CT molecular complexity index is 300. The van der Waals surface area contributed by atoms with Gasteiger partial charge in [-0.05, 0) is 37.1 Å². The van der Waals surface area contributed by atoms with Crippen LogP contribution in [-0.2, 0) is 0 Å². The Morgan fingerprint density at radius 2 is 2.00 bits per heavy atom. The standard InChI is InChI=1S/C12H19NO2/c1-10-3-4-12(9-11(10)2)15-8-6-13-5-7-14/h3-4,9,13-14H,5-8H2,1-2H3/p+1. The van der Waals surface area contributed by atoms with Crippen molar-refractivity contribution in [2.24, 2.45) is 0 Å². The van der Waals surface area contributed by atoms with Gasteiger partial charge in [0.1, 0.15) is 18.9 Å². The molecule has 0 atom stereocenters. The van der Waals surface area contributed by atoms with Gasteiger partial charge in [0.25, 0.3) is 0 Å². The van der Waals surface area contributed by atoms with E-state index in [0.717, 1.165) is 18.8 Å². The fraction of sp³-hybridized carbons (Fsp3) is 0.500. The minimum absolute atomic E-state index is 0.226. The SMILES string of the molecule is Cc1ccc(OCC[NH2+]CCO)cc1C. The lowest BCUT2D eigenvalue weighted by Gasteiger charge is -2.07. The summed E-state index contributed by atoms with van der Waals surface area (Å²) in [4.78, 5) is 0. The van der Waals surface area contributed by atoms with Crippen LogP contribution in [0.1, 0.15) is 11.1 Å². The quantitative estimate of drug-likeness (QED) is 0.661. The van der Waals surface area contributed by atoms with Crippen LogP contribution in [0.4, 0.5) is 0 Å². The molecule has 1 rings (SSSR count). The van der Waals surface area contributed by atoms with Crippen molar-refractivity contribution in [1.82, 2.24) is 0 Å². The van der Waals surface area contributed by atoms with E-state index in [1.807, 2.05) is 11.4 Å². The number of nitrogens with two attached hydrogens (primary N) is 1. The van der Waals surface area contributed by atoms with Gasteiger partial charge in [0.15, 0.2) is 0 Å². The van der Waals surface area contributed by atoms with Crippen molar-refractivity contribution in [2.45, 2.75) is 13.8 Å². The van der Waals surface area contributed by atoms with Gasteiger partial charge in [-0.3, -0.25) is 0 Å². The zero-order valence-electron chi connectivity index (χ0n) is 9.49. The van der Waals surface area contributed by atoms with E-state index in [0.29, 0.717) is 6.61 Å². The van der Waals surface area contributed by atoms with Crippen LogP contribution in [0.5, 0.6) is 5.75 Å². The normalized spacial score (nSPS) is 10.3. The second kappa shape index (κ2) is 6.43. The van der Waals surface area contributed by atoms with Gasteiger partial charge >= 0.3 is 0 Å². The summed E-state index contributed by atoms with van der Waals surface area (Å²) in [6.45, 7) is 6.71. The number of hydrogen-bond acceptors (Lipinski definition) is 2. The third kappa shape index (κ3) is 4.32. The molecule has 1 aromatic carbocycles. The highest BCUT2D eigenvalue weighted by Crippen LogP contribution is 2.15. The molecule has 15 heavy (non-hydrogen) atoms. The lowest BCUT2D eigenvalue weighted by atomic mass is 10.1. The fourth-order valence-corrected chi connectivity index (χ4v) is 1.30. The molecule has 0 saturated carbocycles. The summed E-state index contributed by atoms with van der Waals surface area (Å²) in [5.74, 6) is 0.926. The Morgan fingerprint density at radius 3 is 2.67 bits per heavy atom. The van der Waals surface area contributed by atoms with E-state index in [1.165, 1.54) is 11.1 Å². The smallest absolute Gasteiger partial charge is 0.137 e. The molecule has 0 fully saturated rings. The molecular formula is C12H20NO2+. The first-order valence-electron chi connectivity index (χ1n) is 5.36. The van der Waals surface area contributed by atoms with Gasteiger partial charge in [-0.1, -0.05) is 6.07 Å². The second-order valence-corrected chi connectivity index (χ2v) is 3.68. The van der Waals surface area contributed by atoms with E-state index in [4.69, 9.17) is 9.84 Å². The molecule has 0 heterocycles. The van der Waals surface area contributed by atoms with Crippen molar-refractivity contribution >= 4 is 0 Å². The molecule has 0 saturated heterocycles. The van der Waals surface area contributed by atoms with Crippen molar-refractivity contribution in [3.05, 3.63) is 29.3 Å². The van der Waals surface area contributed by atoms with Gasteiger partial charge in [-0.25, -0.2) is 0 Å². The molecule has 0 unspecified atom stereocenters. The molecule has 0 amide bonds.